The van der Waals surface area contributed by atoms with Crippen molar-refractivity contribution in [1.29, 1.82) is 0 Å². The Kier molecular flexibility index (Phi) is 6.94. The number of ether oxygens (including phenoxy) is 2. The summed E-state index contributed by atoms with van der Waals surface area (Å²) in [5.74, 6) is -1.16. The molecule has 1 N–H and O–H groups in total. The average molecular weight is 410 g/mol. The molecular weight excluding hydrogens is 393 g/mol. The fraction of sp³-hybridized carbons (Fsp3) is 0.222. The number of hydrogen-bond acceptors (Lipinski definition) is 4. The molecule has 0 aliphatic carbocycles. The molecule has 0 unspecified atom stereocenters. The van der Waals surface area contributed by atoms with Crippen molar-refractivity contribution in [2.24, 2.45) is 0 Å². The number of benzene rings is 2. The maximum atomic E-state index is 12.8. The van der Waals surface area contributed by atoms with Gasteiger partial charge in [0.15, 0.2) is 13.2 Å². The molecule has 0 aliphatic heterocycles. The summed E-state index contributed by atoms with van der Waals surface area (Å²) in [6, 6.07) is 12.5. The van der Waals surface area contributed by atoms with E-state index >= 15 is 0 Å². The molecule has 1 amide bonds. The van der Waals surface area contributed by atoms with E-state index < -0.39 is 24.3 Å². The van der Waals surface area contributed by atoms with Crippen LogP contribution in [0, 0.1) is 5.82 Å². The minimum atomic E-state index is -0.687. The molecule has 0 fully saturated rings. The number of carbonyl (C=O) groups excluding carboxylic acids is 2. The highest BCUT2D eigenvalue weighted by molar-refractivity contribution is 9.10. The summed E-state index contributed by atoms with van der Waals surface area (Å²) in [6.45, 7) is 1.07. The van der Waals surface area contributed by atoms with E-state index in [1.165, 1.54) is 24.3 Å². The summed E-state index contributed by atoms with van der Waals surface area (Å²) < 4.78 is 23.6. The second-order valence-corrected chi connectivity index (χ2v) is 6.07. The first-order valence-electron chi connectivity index (χ1n) is 7.53. The fourth-order valence-electron chi connectivity index (χ4n) is 2.05. The van der Waals surface area contributed by atoms with Gasteiger partial charge >= 0.3 is 5.97 Å². The van der Waals surface area contributed by atoms with Gasteiger partial charge in [-0.05, 0) is 42.8 Å². The van der Waals surface area contributed by atoms with Crippen LogP contribution in [0.4, 0.5) is 4.39 Å². The summed E-state index contributed by atoms with van der Waals surface area (Å²) in [4.78, 5) is 23.5. The summed E-state index contributed by atoms with van der Waals surface area (Å²) in [5.41, 5.74) is 0.918. The van der Waals surface area contributed by atoms with Crippen LogP contribution in [-0.4, -0.2) is 25.1 Å². The maximum absolute atomic E-state index is 12.8. The van der Waals surface area contributed by atoms with E-state index in [2.05, 4.69) is 21.2 Å². The highest BCUT2D eigenvalue weighted by Crippen LogP contribution is 2.22. The maximum Gasteiger partial charge on any atom is 0.344 e. The lowest BCUT2D eigenvalue weighted by Crippen LogP contribution is -2.32. The monoisotopic (exact) mass is 409 g/mol. The van der Waals surface area contributed by atoms with Crippen LogP contribution in [0.1, 0.15) is 18.5 Å². The van der Waals surface area contributed by atoms with Crippen LogP contribution in [0.5, 0.6) is 5.75 Å². The molecule has 0 bridgehead atoms. The Balaban J connectivity index is 1.73. The number of carbonyl (C=O) groups is 2. The van der Waals surface area contributed by atoms with Crippen LogP contribution in [0.2, 0.25) is 0 Å². The van der Waals surface area contributed by atoms with E-state index in [0.29, 0.717) is 5.75 Å². The molecule has 132 valence electrons. The minimum absolute atomic E-state index is 0.239. The quantitative estimate of drug-likeness (QED) is 0.711. The average Bonchev–Trinajstić information content (AvgIpc) is 2.59. The van der Waals surface area contributed by atoms with Crippen molar-refractivity contribution < 1.29 is 23.5 Å². The van der Waals surface area contributed by atoms with Crippen LogP contribution < -0.4 is 10.1 Å². The third-order valence-electron chi connectivity index (χ3n) is 3.28. The van der Waals surface area contributed by atoms with Gasteiger partial charge in [-0.1, -0.05) is 34.1 Å². The van der Waals surface area contributed by atoms with Crippen LogP contribution in [0.25, 0.3) is 0 Å². The van der Waals surface area contributed by atoms with Gasteiger partial charge in [0, 0.05) is 4.47 Å². The van der Waals surface area contributed by atoms with Gasteiger partial charge in [0.25, 0.3) is 5.91 Å². The van der Waals surface area contributed by atoms with E-state index in [-0.39, 0.29) is 12.6 Å². The lowest BCUT2D eigenvalue weighted by molar-refractivity contribution is -0.150. The number of esters is 1. The first kappa shape index (κ1) is 18.9. The molecule has 0 heterocycles. The second kappa shape index (κ2) is 9.17. The SMILES string of the molecule is C[C@@H](NC(=O)COC(=O)COc1ccc(F)cc1)c1ccccc1Br. The van der Waals surface area contributed by atoms with Gasteiger partial charge < -0.3 is 14.8 Å². The van der Waals surface area contributed by atoms with Crippen molar-refractivity contribution in [3.05, 3.63) is 64.4 Å². The third-order valence-corrected chi connectivity index (χ3v) is 4.01. The lowest BCUT2D eigenvalue weighted by Gasteiger charge is -2.15. The number of hydrogen-bond donors (Lipinski definition) is 1. The van der Waals surface area contributed by atoms with Crippen molar-refractivity contribution in [2.45, 2.75) is 13.0 Å². The Morgan fingerprint density at radius 3 is 2.48 bits per heavy atom. The van der Waals surface area contributed by atoms with Gasteiger partial charge in [0.1, 0.15) is 11.6 Å². The molecule has 0 spiro atoms. The van der Waals surface area contributed by atoms with Crippen molar-refractivity contribution in [3.8, 4) is 5.75 Å². The zero-order valence-electron chi connectivity index (χ0n) is 13.5. The first-order valence-corrected chi connectivity index (χ1v) is 8.33. The molecule has 5 nitrogen and oxygen atoms in total. The van der Waals surface area contributed by atoms with Crippen molar-refractivity contribution in [2.75, 3.05) is 13.2 Å². The number of halogens is 2. The highest BCUT2D eigenvalue weighted by Gasteiger charge is 2.14. The summed E-state index contributed by atoms with van der Waals surface area (Å²) in [6.07, 6.45) is 0. The zero-order valence-corrected chi connectivity index (χ0v) is 15.1. The topological polar surface area (TPSA) is 64.6 Å². The first-order chi connectivity index (χ1) is 12.0. The van der Waals surface area contributed by atoms with Crippen molar-refractivity contribution in [3.63, 3.8) is 0 Å². The van der Waals surface area contributed by atoms with Crippen molar-refractivity contribution >= 4 is 27.8 Å². The largest absolute Gasteiger partial charge is 0.482 e. The molecule has 0 saturated heterocycles. The minimum Gasteiger partial charge on any atom is -0.482 e. The molecule has 25 heavy (non-hydrogen) atoms. The van der Waals surface area contributed by atoms with E-state index in [1.54, 1.807) is 0 Å². The van der Waals surface area contributed by atoms with Gasteiger partial charge in [-0.25, -0.2) is 9.18 Å². The van der Waals surface area contributed by atoms with Gasteiger partial charge in [0.2, 0.25) is 0 Å². The molecule has 0 saturated carbocycles. The Morgan fingerprint density at radius 1 is 1.12 bits per heavy atom. The third kappa shape index (κ3) is 6.19. The standard InChI is InChI=1S/C18H17BrFNO4/c1-12(15-4-2-3-5-16(15)19)21-17(22)10-25-18(23)11-24-14-8-6-13(20)7-9-14/h2-9,12H,10-11H2,1H3,(H,21,22)/t12-/m1/s1. The molecule has 2 aromatic carbocycles. The van der Waals surface area contributed by atoms with E-state index in [0.717, 1.165) is 10.0 Å². The van der Waals surface area contributed by atoms with Gasteiger partial charge in [0.05, 0.1) is 6.04 Å². The van der Waals surface area contributed by atoms with E-state index in [9.17, 15) is 14.0 Å². The van der Waals surface area contributed by atoms with E-state index in [4.69, 9.17) is 9.47 Å². The predicted octanol–water partition coefficient (Wildman–Crippen LogP) is 3.39. The van der Waals surface area contributed by atoms with Gasteiger partial charge in [-0.2, -0.15) is 0 Å². The van der Waals surface area contributed by atoms with Gasteiger partial charge in [-0.3, -0.25) is 4.79 Å². The van der Waals surface area contributed by atoms with Crippen LogP contribution in [-0.2, 0) is 14.3 Å². The summed E-state index contributed by atoms with van der Waals surface area (Å²) >= 11 is 3.42. The molecule has 2 rings (SSSR count). The molecular formula is C18H17BrFNO4. The molecule has 2 aromatic rings. The zero-order chi connectivity index (χ0) is 18.2. The Hall–Kier alpha value is -2.41. The number of amides is 1. The second-order valence-electron chi connectivity index (χ2n) is 5.21. The van der Waals surface area contributed by atoms with Crippen molar-refractivity contribution in [1.82, 2.24) is 5.32 Å². The summed E-state index contributed by atoms with van der Waals surface area (Å²) in [5, 5.41) is 2.74. The molecule has 0 radical (unpaired) electrons. The fourth-order valence-corrected chi connectivity index (χ4v) is 2.68. The molecule has 0 aromatic heterocycles. The smallest absolute Gasteiger partial charge is 0.344 e. The van der Waals surface area contributed by atoms with Crippen LogP contribution >= 0.6 is 15.9 Å². The van der Waals surface area contributed by atoms with Crippen LogP contribution in [0.3, 0.4) is 0 Å². The van der Waals surface area contributed by atoms with Crippen LogP contribution in [0.15, 0.2) is 53.0 Å². The highest BCUT2D eigenvalue weighted by atomic mass is 79.9. The number of nitrogens with one attached hydrogen (secondary N) is 1. The summed E-state index contributed by atoms with van der Waals surface area (Å²) in [7, 11) is 0. The van der Waals surface area contributed by atoms with Gasteiger partial charge in [-0.15, -0.1) is 0 Å². The normalized spacial score (nSPS) is 11.5. The molecule has 0 aliphatic rings. The Labute approximate surface area is 153 Å². The molecule has 1 atom stereocenters. The number of rotatable bonds is 7. The predicted molar refractivity (Wildman–Crippen MR) is 93.6 cm³/mol. The molecule has 7 heteroatoms. The van der Waals surface area contributed by atoms with E-state index in [1.807, 2.05) is 31.2 Å². The Bertz CT molecular complexity index is 736. The Morgan fingerprint density at radius 2 is 1.80 bits per heavy atom. The lowest BCUT2D eigenvalue weighted by atomic mass is 10.1.